The summed E-state index contributed by atoms with van der Waals surface area (Å²) >= 11 is 0. The molecule has 0 aliphatic carbocycles. The third-order valence-electron chi connectivity index (χ3n) is 3.41. The van der Waals surface area contributed by atoms with Gasteiger partial charge in [-0.15, -0.1) is 0 Å². The summed E-state index contributed by atoms with van der Waals surface area (Å²) < 4.78 is 10.7. The predicted octanol–water partition coefficient (Wildman–Crippen LogP) is 2.19. The summed E-state index contributed by atoms with van der Waals surface area (Å²) in [5.74, 6) is 1.00. The quantitative estimate of drug-likeness (QED) is 0.749. The minimum absolute atomic E-state index is 0.182. The molecule has 0 amide bonds. The van der Waals surface area contributed by atoms with Gasteiger partial charge >= 0.3 is 5.97 Å². The van der Waals surface area contributed by atoms with Gasteiger partial charge in [0.05, 0.1) is 25.6 Å². The van der Waals surface area contributed by atoms with Gasteiger partial charge in [-0.1, -0.05) is 6.92 Å². The number of nitrogens with zero attached hydrogens (tertiary/aromatic N) is 3. The molecule has 1 aliphatic rings. The minimum Gasteiger partial charge on any atom is -0.477 e. The van der Waals surface area contributed by atoms with Crippen LogP contribution >= 0.6 is 0 Å². The predicted molar refractivity (Wildman–Crippen MR) is 79.4 cm³/mol. The highest BCUT2D eigenvalue weighted by atomic mass is 16.5. The lowest BCUT2D eigenvalue weighted by Gasteiger charge is -2.34. The normalized spacial score (nSPS) is 18.4. The van der Waals surface area contributed by atoms with Gasteiger partial charge in [0, 0.05) is 6.54 Å². The Labute approximate surface area is 125 Å². The maximum Gasteiger partial charge on any atom is 0.328 e. The van der Waals surface area contributed by atoms with Gasteiger partial charge in [-0.3, -0.25) is 4.98 Å². The molecule has 6 heteroatoms. The maximum absolute atomic E-state index is 12.1. The van der Waals surface area contributed by atoms with Gasteiger partial charge in [-0.05, 0) is 32.6 Å². The Hall–Kier alpha value is -1.85. The number of aromatic nitrogens is 2. The molecule has 0 radical (unpaired) electrons. The molecule has 1 aliphatic heterocycles. The van der Waals surface area contributed by atoms with Crippen LogP contribution in [0.4, 0.5) is 5.82 Å². The van der Waals surface area contributed by atoms with Crippen molar-refractivity contribution >= 4 is 11.8 Å². The van der Waals surface area contributed by atoms with Gasteiger partial charge in [-0.25, -0.2) is 4.79 Å². The second kappa shape index (κ2) is 7.81. The summed E-state index contributed by atoms with van der Waals surface area (Å²) in [6, 6.07) is -0.269. The first-order valence-electron chi connectivity index (χ1n) is 7.64. The van der Waals surface area contributed by atoms with Crippen molar-refractivity contribution in [2.45, 2.75) is 45.6 Å². The van der Waals surface area contributed by atoms with Crippen LogP contribution < -0.4 is 9.64 Å². The number of anilines is 1. The lowest BCUT2D eigenvalue weighted by Crippen LogP contribution is -2.46. The molecule has 21 heavy (non-hydrogen) atoms. The van der Waals surface area contributed by atoms with Crippen molar-refractivity contribution in [2.24, 2.45) is 0 Å². The molecule has 0 spiro atoms. The SMILES string of the molecule is CCCOc1cncc(N2CCCCC2C(=O)OCC)n1. The Morgan fingerprint density at radius 1 is 1.38 bits per heavy atom. The van der Waals surface area contributed by atoms with Gasteiger partial charge in [0.15, 0.2) is 5.82 Å². The highest BCUT2D eigenvalue weighted by Crippen LogP contribution is 2.24. The number of carbonyl (C=O) groups is 1. The number of carbonyl (C=O) groups excluding carboxylic acids is 1. The molecular formula is C15H23N3O3. The minimum atomic E-state index is -0.269. The zero-order valence-corrected chi connectivity index (χ0v) is 12.7. The Balaban J connectivity index is 2.14. The molecule has 116 valence electrons. The van der Waals surface area contributed by atoms with Crippen LogP contribution in [0.1, 0.15) is 39.5 Å². The van der Waals surface area contributed by atoms with Gasteiger partial charge < -0.3 is 14.4 Å². The largest absolute Gasteiger partial charge is 0.477 e. The van der Waals surface area contributed by atoms with Crippen molar-refractivity contribution in [1.29, 1.82) is 0 Å². The molecular weight excluding hydrogens is 270 g/mol. The van der Waals surface area contributed by atoms with E-state index in [1.54, 1.807) is 12.4 Å². The second-order valence-electron chi connectivity index (χ2n) is 5.02. The molecule has 1 fully saturated rings. The first kappa shape index (κ1) is 15.5. The van der Waals surface area contributed by atoms with E-state index in [-0.39, 0.29) is 12.0 Å². The molecule has 1 atom stereocenters. The van der Waals surface area contributed by atoms with Crippen LogP contribution in [0.2, 0.25) is 0 Å². The van der Waals surface area contributed by atoms with Crippen LogP contribution in [0, 0.1) is 0 Å². The van der Waals surface area contributed by atoms with Gasteiger partial charge in [0.25, 0.3) is 0 Å². The Morgan fingerprint density at radius 3 is 3.00 bits per heavy atom. The molecule has 0 N–H and O–H groups in total. The van der Waals surface area contributed by atoms with Crippen molar-refractivity contribution in [2.75, 3.05) is 24.7 Å². The van der Waals surface area contributed by atoms with Crippen LogP contribution in [0.5, 0.6) is 5.88 Å². The summed E-state index contributed by atoms with van der Waals surface area (Å²) in [6.07, 6.45) is 7.05. The number of esters is 1. The summed E-state index contributed by atoms with van der Waals surface area (Å²) in [5.41, 5.74) is 0. The monoisotopic (exact) mass is 293 g/mol. The molecule has 0 bridgehead atoms. The van der Waals surface area contributed by atoms with E-state index in [0.29, 0.717) is 24.9 Å². The fourth-order valence-corrected chi connectivity index (χ4v) is 2.44. The Morgan fingerprint density at radius 2 is 2.24 bits per heavy atom. The Bertz CT molecular complexity index is 467. The molecule has 1 unspecified atom stereocenters. The van der Waals surface area contributed by atoms with E-state index in [9.17, 15) is 4.79 Å². The van der Waals surface area contributed by atoms with Gasteiger partial charge in [-0.2, -0.15) is 4.98 Å². The third-order valence-corrected chi connectivity index (χ3v) is 3.41. The molecule has 2 heterocycles. The van der Waals surface area contributed by atoms with E-state index in [1.165, 1.54) is 0 Å². The van der Waals surface area contributed by atoms with E-state index in [1.807, 2.05) is 18.7 Å². The Kier molecular flexibility index (Phi) is 5.78. The van der Waals surface area contributed by atoms with Crippen LogP contribution in [-0.2, 0) is 9.53 Å². The van der Waals surface area contributed by atoms with E-state index in [2.05, 4.69) is 9.97 Å². The van der Waals surface area contributed by atoms with Crippen LogP contribution in [0.25, 0.3) is 0 Å². The number of piperidine rings is 1. The number of hydrogen-bond donors (Lipinski definition) is 0. The summed E-state index contributed by atoms with van der Waals surface area (Å²) in [7, 11) is 0. The van der Waals surface area contributed by atoms with Crippen molar-refractivity contribution in [3.05, 3.63) is 12.4 Å². The van der Waals surface area contributed by atoms with Crippen LogP contribution in [-0.4, -0.2) is 41.7 Å². The third kappa shape index (κ3) is 4.06. The molecule has 0 saturated carbocycles. The fraction of sp³-hybridized carbons (Fsp3) is 0.667. The van der Waals surface area contributed by atoms with E-state index >= 15 is 0 Å². The second-order valence-corrected chi connectivity index (χ2v) is 5.02. The van der Waals surface area contributed by atoms with Crippen molar-refractivity contribution in [1.82, 2.24) is 9.97 Å². The molecule has 1 saturated heterocycles. The van der Waals surface area contributed by atoms with Crippen molar-refractivity contribution in [3.63, 3.8) is 0 Å². The highest BCUT2D eigenvalue weighted by Gasteiger charge is 2.31. The number of ether oxygens (including phenoxy) is 2. The molecule has 2 rings (SSSR count). The lowest BCUT2D eigenvalue weighted by atomic mass is 10.0. The van der Waals surface area contributed by atoms with Crippen LogP contribution in [0.15, 0.2) is 12.4 Å². The summed E-state index contributed by atoms with van der Waals surface area (Å²) in [5, 5.41) is 0. The fourth-order valence-electron chi connectivity index (χ4n) is 2.44. The van der Waals surface area contributed by atoms with Gasteiger partial charge in [0.1, 0.15) is 6.04 Å². The molecule has 1 aromatic rings. The van der Waals surface area contributed by atoms with Crippen molar-refractivity contribution in [3.8, 4) is 5.88 Å². The maximum atomic E-state index is 12.1. The average Bonchev–Trinajstić information content (AvgIpc) is 2.53. The average molecular weight is 293 g/mol. The van der Waals surface area contributed by atoms with Gasteiger partial charge in [0.2, 0.25) is 5.88 Å². The first-order chi connectivity index (χ1) is 10.3. The zero-order valence-electron chi connectivity index (χ0n) is 12.7. The van der Waals surface area contributed by atoms with Crippen LogP contribution in [0.3, 0.4) is 0 Å². The smallest absolute Gasteiger partial charge is 0.328 e. The standard InChI is InChI=1S/C15H23N3O3/c1-3-9-21-14-11-16-10-13(17-14)18-8-6-5-7-12(18)15(19)20-4-2/h10-12H,3-9H2,1-2H3. The molecule has 6 nitrogen and oxygen atoms in total. The van der Waals surface area contributed by atoms with E-state index < -0.39 is 0 Å². The number of hydrogen-bond acceptors (Lipinski definition) is 6. The molecule has 0 aromatic carbocycles. The lowest BCUT2D eigenvalue weighted by molar-refractivity contribution is -0.145. The van der Waals surface area contributed by atoms with E-state index in [4.69, 9.17) is 9.47 Å². The van der Waals surface area contributed by atoms with E-state index in [0.717, 1.165) is 32.2 Å². The zero-order chi connectivity index (χ0) is 15.1. The highest BCUT2D eigenvalue weighted by molar-refractivity contribution is 5.79. The molecule has 1 aromatic heterocycles. The number of rotatable bonds is 6. The first-order valence-corrected chi connectivity index (χ1v) is 7.64. The topological polar surface area (TPSA) is 64.5 Å². The summed E-state index contributed by atoms with van der Waals surface area (Å²) in [6.45, 7) is 5.66. The van der Waals surface area contributed by atoms with Crippen molar-refractivity contribution < 1.29 is 14.3 Å². The summed E-state index contributed by atoms with van der Waals surface area (Å²) in [4.78, 5) is 22.7.